The molecule has 4 aromatic rings. The summed E-state index contributed by atoms with van der Waals surface area (Å²) in [4.78, 5) is 9.11. The van der Waals surface area contributed by atoms with Gasteiger partial charge in [-0.1, -0.05) is 54.6 Å². The summed E-state index contributed by atoms with van der Waals surface area (Å²) in [6, 6.07) is 20.6. The molecular weight excluding hydrogens is 335 g/mol. The van der Waals surface area contributed by atoms with Gasteiger partial charge in [-0.2, -0.15) is 0 Å². The summed E-state index contributed by atoms with van der Waals surface area (Å²) in [6.07, 6.45) is 7.43. The molecule has 1 saturated carbocycles. The van der Waals surface area contributed by atoms with Crippen LogP contribution >= 0.6 is 8.81 Å². The van der Waals surface area contributed by atoms with Crippen molar-refractivity contribution in [3.63, 3.8) is 0 Å². The molecule has 0 aromatic heterocycles. The normalized spacial score (nSPS) is 21.6. The number of benzene rings is 4. The van der Waals surface area contributed by atoms with Gasteiger partial charge < -0.3 is 4.89 Å². The highest BCUT2D eigenvalue weighted by Crippen LogP contribution is 2.43. The molecule has 1 atom stereocenters. The minimum atomic E-state index is 0.124. The lowest BCUT2D eigenvalue weighted by molar-refractivity contribution is 0.320. The van der Waals surface area contributed by atoms with E-state index in [1.165, 1.54) is 64.4 Å². The summed E-state index contributed by atoms with van der Waals surface area (Å²) < 4.78 is 0. The average molecular weight is 360 g/mol. The topological polar surface area (TPSA) is 20.2 Å². The highest BCUT2D eigenvalue weighted by molar-refractivity contribution is 7.31. The van der Waals surface area contributed by atoms with Crippen LogP contribution in [-0.4, -0.2) is 11.1 Å². The molecule has 0 radical (unpaired) electrons. The minimum absolute atomic E-state index is 0.124. The first-order valence-electron chi connectivity index (χ1n) is 9.88. The largest absolute Gasteiger partial charge is 0.377 e. The summed E-state index contributed by atoms with van der Waals surface area (Å²) in [5.74, 6) is 1.51. The molecule has 1 fully saturated rings. The standard InChI is InChI=1S/C24H25OP/c25-26-15-14-16-4-6-17(7-5-16)21-12-10-20-9-8-18-2-1-3-19-11-13-22(21)24(20)23(18)19/h1-3,8-13,16-17,25-26H,4-7,14-15H2. The first-order valence-corrected chi connectivity index (χ1v) is 11.0. The van der Waals surface area contributed by atoms with Crippen LogP contribution in [0.2, 0.25) is 0 Å². The van der Waals surface area contributed by atoms with Gasteiger partial charge in [0, 0.05) is 8.81 Å². The molecule has 5 rings (SSSR count). The van der Waals surface area contributed by atoms with Crippen molar-refractivity contribution in [3.05, 3.63) is 60.2 Å². The second-order valence-electron chi connectivity index (χ2n) is 7.93. The van der Waals surface area contributed by atoms with E-state index >= 15 is 0 Å². The lowest BCUT2D eigenvalue weighted by Gasteiger charge is -2.30. The lowest BCUT2D eigenvalue weighted by atomic mass is 9.76. The maximum Gasteiger partial charge on any atom is 0.0107 e. The van der Waals surface area contributed by atoms with E-state index in [9.17, 15) is 0 Å². The second kappa shape index (κ2) is 6.80. The molecule has 0 heterocycles. The zero-order chi connectivity index (χ0) is 17.5. The van der Waals surface area contributed by atoms with E-state index in [1.54, 1.807) is 5.56 Å². The summed E-state index contributed by atoms with van der Waals surface area (Å²) in [5.41, 5.74) is 1.55. The Hall–Kier alpha value is -1.69. The molecule has 26 heavy (non-hydrogen) atoms. The van der Waals surface area contributed by atoms with Crippen LogP contribution in [0.3, 0.4) is 0 Å². The summed E-state index contributed by atoms with van der Waals surface area (Å²) >= 11 is 0. The fourth-order valence-electron chi connectivity index (χ4n) is 5.14. The Morgan fingerprint density at radius 3 is 2.15 bits per heavy atom. The van der Waals surface area contributed by atoms with Gasteiger partial charge in [0.1, 0.15) is 0 Å². The zero-order valence-corrected chi connectivity index (χ0v) is 16.0. The van der Waals surface area contributed by atoms with E-state index < -0.39 is 0 Å². The van der Waals surface area contributed by atoms with Crippen molar-refractivity contribution in [2.75, 3.05) is 6.16 Å². The molecule has 1 unspecified atom stereocenters. The zero-order valence-electron chi connectivity index (χ0n) is 15.0. The third-order valence-corrected chi connectivity index (χ3v) is 7.03. The molecule has 1 aliphatic rings. The van der Waals surface area contributed by atoms with Gasteiger partial charge in [0.05, 0.1) is 0 Å². The first kappa shape index (κ1) is 16.5. The smallest absolute Gasteiger partial charge is 0.0107 e. The quantitative estimate of drug-likeness (QED) is 0.312. The van der Waals surface area contributed by atoms with E-state index in [1.807, 2.05) is 0 Å². The van der Waals surface area contributed by atoms with Crippen LogP contribution in [-0.2, 0) is 0 Å². The fraction of sp³-hybridized carbons (Fsp3) is 0.333. The van der Waals surface area contributed by atoms with Gasteiger partial charge >= 0.3 is 0 Å². The molecular formula is C24H25OP. The Balaban J connectivity index is 1.57. The van der Waals surface area contributed by atoms with E-state index in [0.717, 1.165) is 12.1 Å². The molecule has 0 amide bonds. The SMILES string of the molecule is OPCCC1CCC(c2ccc3ccc4cccc5ccc2c3c45)CC1. The molecule has 1 aliphatic carbocycles. The molecule has 1 nitrogen and oxygen atoms in total. The highest BCUT2D eigenvalue weighted by Gasteiger charge is 2.24. The van der Waals surface area contributed by atoms with E-state index in [4.69, 9.17) is 4.89 Å². The van der Waals surface area contributed by atoms with Crippen molar-refractivity contribution in [2.24, 2.45) is 5.92 Å². The predicted octanol–water partition coefficient (Wildman–Crippen LogP) is 6.83. The van der Waals surface area contributed by atoms with Crippen LogP contribution in [0.25, 0.3) is 32.3 Å². The lowest BCUT2D eigenvalue weighted by Crippen LogP contribution is -2.14. The van der Waals surface area contributed by atoms with Gasteiger partial charge in [0.25, 0.3) is 0 Å². The first-order chi connectivity index (χ1) is 12.8. The number of rotatable bonds is 4. The van der Waals surface area contributed by atoms with Crippen LogP contribution in [0.1, 0.15) is 43.6 Å². The van der Waals surface area contributed by atoms with Gasteiger partial charge in [-0.05, 0) is 88.0 Å². The van der Waals surface area contributed by atoms with Gasteiger partial charge in [-0.25, -0.2) is 0 Å². The number of hydrogen-bond donors (Lipinski definition) is 1. The van der Waals surface area contributed by atoms with Crippen molar-refractivity contribution in [1.82, 2.24) is 0 Å². The molecule has 0 bridgehead atoms. The van der Waals surface area contributed by atoms with Crippen molar-refractivity contribution < 1.29 is 4.89 Å². The summed E-state index contributed by atoms with van der Waals surface area (Å²) in [6.45, 7) is 0. The van der Waals surface area contributed by atoms with Crippen molar-refractivity contribution >= 4 is 41.1 Å². The molecule has 0 saturated heterocycles. The maximum absolute atomic E-state index is 9.11. The Kier molecular flexibility index (Phi) is 4.31. The van der Waals surface area contributed by atoms with Gasteiger partial charge in [-0.15, -0.1) is 0 Å². The van der Waals surface area contributed by atoms with Crippen molar-refractivity contribution in [2.45, 2.75) is 38.0 Å². The van der Waals surface area contributed by atoms with Crippen molar-refractivity contribution in [3.8, 4) is 0 Å². The van der Waals surface area contributed by atoms with Crippen LogP contribution in [0.15, 0.2) is 54.6 Å². The molecule has 4 aromatic carbocycles. The van der Waals surface area contributed by atoms with Gasteiger partial charge in [0.15, 0.2) is 0 Å². The summed E-state index contributed by atoms with van der Waals surface area (Å²) in [5, 5.41) is 8.43. The highest BCUT2D eigenvalue weighted by atomic mass is 31.1. The molecule has 0 aliphatic heterocycles. The Labute approximate surface area is 156 Å². The van der Waals surface area contributed by atoms with E-state index in [-0.39, 0.29) is 8.81 Å². The van der Waals surface area contributed by atoms with E-state index in [0.29, 0.717) is 5.92 Å². The summed E-state index contributed by atoms with van der Waals surface area (Å²) in [7, 11) is 0.124. The fourth-order valence-corrected chi connectivity index (χ4v) is 5.68. The van der Waals surface area contributed by atoms with Crippen LogP contribution in [0, 0.1) is 5.92 Å². The molecule has 0 spiro atoms. The van der Waals surface area contributed by atoms with Crippen LogP contribution in [0.5, 0.6) is 0 Å². The monoisotopic (exact) mass is 360 g/mol. The third-order valence-electron chi connectivity index (χ3n) is 6.51. The third kappa shape index (κ3) is 2.70. The van der Waals surface area contributed by atoms with Crippen molar-refractivity contribution in [1.29, 1.82) is 0 Å². The Morgan fingerprint density at radius 1 is 0.769 bits per heavy atom. The van der Waals surface area contributed by atoms with Gasteiger partial charge in [0.2, 0.25) is 0 Å². The van der Waals surface area contributed by atoms with Crippen LogP contribution < -0.4 is 0 Å². The predicted molar refractivity (Wildman–Crippen MR) is 115 cm³/mol. The molecule has 132 valence electrons. The van der Waals surface area contributed by atoms with Crippen LogP contribution in [0.4, 0.5) is 0 Å². The molecule has 1 N–H and O–H groups in total. The van der Waals surface area contributed by atoms with E-state index in [2.05, 4.69) is 54.6 Å². The number of hydrogen-bond acceptors (Lipinski definition) is 1. The minimum Gasteiger partial charge on any atom is -0.377 e. The van der Waals surface area contributed by atoms with Gasteiger partial charge in [-0.3, -0.25) is 0 Å². The average Bonchev–Trinajstić information content (AvgIpc) is 2.71. The molecule has 2 heteroatoms. The maximum atomic E-state index is 9.11. The Morgan fingerprint density at radius 2 is 1.42 bits per heavy atom. The second-order valence-corrected chi connectivity index (χ2v) is 8.74. The Bertz CT molecular complexity index is 1030.